The zero-order chi connectivity index (χ0) is 15.7. The highest BCUT2D eigenvalue weighted by Crippen LogP contribution is 2.05. The smallest absolute Gasteiger partial charge is 0.271 e. The molecule has 0 radical (unpaired) electrons. The first-order valence-corrected chi connectivity index (χ1v) is 8.43. The maximum Gasteiger partial charge on any atom is 0.271 e. The topological polar surface area (TPSA) is 79.3 Å². The molecule has 21 heavy (non-hydrogen) atoms. The van der Waals surface area contributed by atoms with Gasteiger partial charge in [0.05, 0.1) is 12.2 Å². The molecule has 0 spiro atoms. The van der Waals surface area contributed by atoms with Crippen LogP contribution >= 0.6 is 0 Å². The average Bonchev–Trinajstić information content (AvgIpc) is 2.46. The Hall–Kier alpha value is -1.71. The van der Waals surface area contributed by atoms with Crippen molar-refractivity contribution in [3.8, 4) is 11.8 Å². The Morgan fingerprint density at radius 1 is 1.57 bits per heavy atom. The molecular weight excluding hydrogens is 288 g/mol. The van der Waals surface area contributed by atoms with Gasteiger partial charge < -0.3 is 10.4 Å². The van der Waals surface area contributed by atoms with Gasteiger partial charge in [0.15, 0.2) is 0 Å². The van der Waals surface area contributed by atoms with Gasteiger partial charge in [-0.3, -0.25) is 9.00 Å². The lowest BCUT2D eigenvalue weighted by Crippen LogP contribution is -2.34. The van der Waals surface area contributed by atoms with E-state index in [0.717, 1.165) is 0 Å². The number of rotatable bonds is 6. The van der Waals surface area contributed by atoms with Crippen molar-refractivity contribution >= 4 is 16.7 Å². The molecule has 0 bridgehead atoms. The van der Waals surface area contributed by atoms with Crippen LogP contribution in [0.25, 0.3) is 0 Å². The summed E-state index contributed by atoms with van der Waals surface area (Å²) >= 11 is 0. The van der Waals surface area contributed by atoms with Crippen LogP contribution in [0.2, 0.25) is 0 Å². The predicted molar refractivity (Wildman–Crippen MR) is 83.3 cm³/mol. The van der Waals surface area contributed by atoms with Crippen molar-refractivity contribution in [1.82, 2.24) is 10.3 Å². The fourth-order valence-corrected chi connectivity index (χ4v) is 2.29. The highest BCUT2D eigenvalue weighted by Gasteiger charge is 2.14. The van der Waals surface area contributed by atoms with Gasteiger partial charge in [-0.1, -0.05) is 11.8 Å². The Labute approximate surface area is 127 Å². The van der Waals surface area contributed by atoms with E-state index in [0.29, 0.717) is 24.2 Å². The maximum atomic E-state index is 12.2. The number of amides is 1. The van der Waals surface area contributed by atoms with Crippen molar-refractivity contribution < 1.29 is 14.1 Å². The van der Waals surface area contributed by atoms with Gasteiger partial charge in [-0.25, -0.2) is 4.98 Å². The van der Waals surface area contributed by atoms with Crippen LogP contribution in [0.5, 0.6) is 0 Å². The average molecular weight is 308 g/mol. The number of carbonyl (C=O) groups excluding carboxylic acids is 1. The van der Waals surface area contributed by atoms with Crippen LogP contribution in [0.3, 0.4) is 0 Å². The highest BCUT2D eigenvalue weighted by molar-refractivity contribution is 7.84. The van der Waals surface area contributed by atoms with Crippen LogP contribution in [-0.4, -0.2) is 44.9 Å². The Kier molecular flexibility index (Phi) is 7.65. The number of nitrogens with zero attached hydrogens (tertiary/aromatic N) is 1. The molecule has 2 N–H and O–H groups in total. The van der Waals surface area contributed by atoms with E-state index in [9.17, 15) is 9.00 Å². The summed E-state index contributed by atoms with van der Waals surface area (Å²) < 4.78 is 11.1. The van der Waals surface area contributed by atoms with Crippen LogP contribution in [0.4, 0.5) is 0 Å². The Morgan fingerprint density at radius 3 is 3.00 bits per heavy atom. The third-order valence-electron chi connectivity index (χ3n) is 2.70. The molecule has 0 aliphatic rings. The molecule has 0 fully saturated rings. The molecule has 1 aromatic heterocycles. The minimum atomic E-state index is -0.868. The molecule has 1 aromatic rings. The van der Waals surface area contributed by atoms with E-state index in [2.05, 4.69) is 22.1 Å². The maximum absolute atomic E-state index is 12.2. The zero-order valence-electron chi connectivity index (χ0n) is 12.3. The van der Waals surface area contributed by atoms with Crippen molar-refractivity contribution in [2.45, 2.75) is 25.8 Å². The summed E-state index contributed by atoms with van der Waals surface area (Å²) in [5.41, 5.74) is 0.808. The van der Waals surface area contributed by atoms with Crippen molar-refractivity contribution in [3.05, 3.63) is 29.6 Å². The molecule has 6 heteroatoms. The van der Waals surface area contributed by atoms with E-state index >= 15 is 0 Å². The van der Waals surface area contributed by atoms with E-state index in [-0.39, 0.29) is 24.2 Å². The monoisotopic (exact) mass is 308 g/mol. The fraction of sp³-hybridized carbons (Fsp3) is 0.467. The van der Waals surface area contributed by atoms with Crippen LogP contribution in [0.15, 0.2) is 18.3 Å². The summed E-state index contributed by atoms with van der Waals surface area (Å²) in [6.07, 6.45) is 4.18. The van der Waals surface area contributed by atoms with E-state index in [4.69, 9.17) is 5.11 Å². The van der Waals surface area contributed by atoms with E-state index < -0.39 is 10.8 Å². The van der Waals surface area contributed by atoms with E-state index in [1.165, 1.54) is 6.20 Å². The molecule has 2 unspecified atom stereocenters. The first-order valence-electron chi connectivity index (χ1n) is 6.70. The molecule has 0 saturated heterocycles. The third kappa shape index (κ3) is 6.52. The minimum Gasteiger partial charge on any atom is -0.395 e. The molecule has 5 nitrogen and oxygen atoms in total. The second-order valence-electron chi connectivity index (χ2n) is 4.62. The number of carbonyl (C=O) groups is 1. The van der Waals surface area contributed by atoms with Gasteiger partial charge in [0.25, 0.3) is 5.91 Å². The van der Waals surface area contributed by atoms with Crippen LogP contribution in [-0.2, 0) is 10.8 Å². The molecule has 0 saturated carbocycles. The first-order chi connectivity index (χ1) is 10.0. The van der Waals surface area contributed by atoms with Crippen LogP contribution in [0.1, 0.15) is 35.8 Å². The molecule has 1 heterocycles. The highest BCUT2D eigenvalue weighted by atomic mass is 32.2. The molecular formula is C15H20N2O3S. The first kappa shape index (κ1) is 17.3. The van der Waals surface area contributed by atoms with Gasteiger partial charge in [0, 0.05) is 41.5 Å². The standard InChI is InChI=1S/C15H20N2O3S/c1-12(8-11-21(2)20)17-15(19)14-13(6-3-4-10-18)7-5-9-16-14/h5,7,9,12,18H,4,8,10-11H2,1-2H3,(H,17,19). The molecule has 114 valence electrons. The summed E-state index contributed by atoms with van der Waals surface area (Å²) in [7, 11) is -0.868. The molecule has 0 aliphatic carbocycles. The summed E-state index contributed by atoms with van der Waals surface area (Å²) in [6.45, 7) is 1.85. The van der Waals surface area contributed by atoms with Crippen molar-refractivity contribution in [2.24, 2.45) is 0 Å². The lowest BCUT2D eigenvalue weighted by molar-refractivity contribution is 0.0934. The summed E-state index contributed by atoms with van der Waals surface area (Å²) in [5.74, 6) is 5.87. The van der Waals surface area contributed by atoms with Gasteiger partial charge in [0.2, 0.25) is 0 Å². The lowest BCUT2D eigenvalue weighted by Gasteiger charge is -2.13. The quantitative estimate of drug-likeness (QED) is 0.758. The van der Waals surface area contributed by atoms with Crippen molar-refractivity contribution in [2.75, 3.05) is 18.6 Å². The van der Waals surface area contributed by atoms with Gasteiger partial charge in [0.1, 0.15) is 5.69 Å². The number of nitrogens with one attached hydrogen (secondary N) is 1. The molecule has 0 aliphatic heterocycles. The normalized spacial score (nSPS) is 12.9. The Morgan fingerprint density at radius 2 is 2.33 bits per heavy atom. The SMILES string of the molecule is CC(CCS(C)=O)NC(=O)c1ncccc1C#CCCO. The number of aromatic nitrogens is 1. The van der Waals surface area contributed by atoms with Gasteiger partial charge in [-0.2, -0.15) is 0 Å². The second-order valence-corrected chi connectivity index (χ2v) is 6.17. The van der Waals surface area contributed by atoms with Gasteiger partial charge in [-0.05, 0) is 25.5 Å². The summed E-state index contributed by atoms with van der Waals surface area (Å²) in [5, 5.41) is 11.6. The number of pyridine rings is 1. The minimum absolute atomic E-state index is 0.0139. The van der Waals surface area contributed by atoms with Crippen molar-refractivity contribution in [1.29, 1.82) is 0 Å². The Bertz CT molecular complexity index is 564. The van der Waals surface area contributed by atoms with Crippen LogP contribution < -0.4 is 5.32 Å². The van der Waals surface area contributed by atoms with Gasteiger partial charge in [-0.15, -0.1) is 0 Å². The Balaban J connectivity index is 2.74. The van der Waals surface area contributed by atoms with E-state index in [1.54, 1.807) is 18.4 Å². The van der Waals surface area contributed by atoms with Crippen molar-refractivity contribution in [3.63, 3.8) is 0 Å². The number of hydrogen-bond donors (Lipinski definition) is 2. The summed E-state index contributed by atoms with van der Waals surface area (Å²) in [6, 6.07) is 3.35. The molecule has 1 rings (SSSR count). The largest absolute Gasteiger partial charge is 0.395 e. The fourth-order valence-electron chi connectivity index (χ4n) is 1.61. The molecule has 0 aromatic carbocycles. The number of aliphatic hydroxyl groups excluding tert-OH is 1. The summed E-state index contributed by atoms with van der Waals surface area (Å²) in [4.78, 5) is 16.3. The number of hydrogen-bond acceptors (Lipinski definition) is 4. The molecule has 2 atom stereocenters. The van der Waals surface area contributed by atoms with Crippen LogP contribution in [0, 0.1) is 11.8 Å². The third-order valence-corrected chi connectivity index (χ3v) is 3.51. The predicted octanol–water partition coefficient (Wildman–Crippen LogP) is 0.702. The second kappa shape index (κ2) is 9.27. The lowest BCUT2D eigenvalue weighted by atomic mass is 10.1. The number of aliphatic hydroxyl groups is 1. The van der Waals surface area contributed by atoms with E-state index in [1.807, 2.05) is 6.92 Å². The zero-order valence-corrected chi connectivity index (χ0v) is 13.1. The molecule has 1 amide bonds. The van der Waals surface area contributed by atoms with Gasteiger partial charge >= 0.3 is 0 Å².